The van der Waals surface area contributed by atoms with Gasteiger partial charge < -0.3 is 11.5 Å². The number of carbonyl (C=O) groups excluding carboxylic acids is 1. The average molecular weight is 309 g/mol. The topological polar surface area (TPSA) is 128 Å². The van der Waals surface area contributed by atoms with Crippen molar-refractivity contribution in [2.45, 2.75) is 18.8 Å². The van der Waals surface area contributed by atoms with Crippen molar-refractivity contribution >= 4 is 22.8 Å². The molecule has 1 amide bonds. The van der Waals surface area contributed by atoms with Gasteiger partial charge in [0, 0.05) is 11.3 Å². The Labute approximate surface area is 131 Å². The zero-order valence-electron chi connectivity index (χ0n) is 12.2. The smallest absolute Gasteiger partial charge is 0.283 e. The minimum atomic E-state index is -0.461. The molecule has 0 spiro atoms. The quantitative estimate of drug-likeness (QED) is 0.492. The summed E-state index contributed by atoms with van der Waals surface area (Å²) in [6.07, 6.45) is 5.33. The number of hydrogen-bond donors (Lipinski definition) is 3. The Hall–Kier alpha value is -3.16. The van der Waals surface area contributed by atoms with E-state index in [-0.39, 0.29) is 5.96 Å². The predicted octanol–water partition coefficient (Wildman–Crippen LogP) is 1.04. The van der Waals surface area contributed by atoms with Crippen LogP contribution in [0.3, 0.4) is 0 Å². The summed E-state index contributed by atoms with van der Waals surface area (Å²) in [5, 5.41) is 12.4. The lowest BCUT2D eigenvalue weighted by molar-refractivity contribution is 0.100. The van der Waals surface area contributed by atoms with Crippen LogP contribution in [0.4, 0.5) is 0 Å². The van der Waals surface area contributed by atoms with E-state index in [1.165, 1.54) is 6.20 Å². The van der Waals surface area contributed by atoms with Crippen molar-refractivity contribution < 1.29 is 4.79 Å². The Balaban J connectivity index is 1.90. The van der Waals surface area contributed by atoms with Gasteiger partial charge in [0.2, 0.25) is 0 Å². The zero-order chi connectivity index (χ0) is 16.0. The average Bonchev–Trinajstić information content (AvgIpc) is 3.08. The molecule has 2 heterocycles. The van der Waals surface area contributed by atoms with E-state index in [9.17, 15) is 4.79 Å². The molecular weight excluding hydrogens is 294 g/mol. The van der Waals surface area contributed by atoms with Crippen LogP contribution < -0.4 is 11.5 Å². The number of nitrogens with one attached hydrogen (secondary N) is 1. The molecule has 3 aromatic rings. The highest BCUT2D eigenvalue weighted by Crippen LogP contribution is 2.43. The Kier molecular flexibility index (Phi) is 2.90. The number of nitrogens with two attached hydrogens (primary N) is 2. The summed E-state index contributed by atoms with van der Waals surface area (Å²) in [6.45, 7) is 0. The van der Waals surface area contributed by atoms with E-state index in [0.29, 0.717) is 11.5 Å². The zero-order valence-corrected chi connectivity index (χ0v) is 12.2. The Morgan fingerprint density at radius 3 is 2.87 bits per heavy atom. The highest BCUT2D eigenvalue weighted by molar-refractivity contribution is 6.03. The number of hydrogen-bond acceptors (Lipinski definition) is 3. The van der Waals surface area contributed by atoms with Crippen LogP contribution in [0.5, 0.6) is 0 Å². The first-order valence-corrected chi connectivity index (χ1v) is 7.29. The number of nitrogens with zero attached hydrogens (tertiary/aromatic N) is 4. The first kappa shape index (κ1) is 13.5. The fourth-order valence-corrected chi connectivity index (χ4v) is 2.78. The number of rotatable bonds is 3. The number of H-pyrrole nitrogens is 1. The Morgan fingerprint density at radius 2 is 2.13 bits per heavy atom. The highest BCUT2D eigenvalue weighted by Gasteiger charge is 2.33. The van der Waals surface area contributed by atoms with E-state index < -0.39 is 5.91 Å². The lowest BCUT2D eigenvalue weighted by Gasteiger charge is -2.09. The third-order valence-corrected chi connectivity index (χ3v) is 3.92. The second-order valence-corrected chi connectivity index (χ2v) is 5.58. The standard InChI is InChI=1S/C15H15N7O/c16-15(17)20-14(23)10-7-19-22(13(10)8-4-5-8)12-3-1-2-11-9(12)6-18-21-11/h1-3,6-8H,4-5H2,(H,18,21)(H4,16,17,20,23). The summed E-state index contributed by atoms with van der Waals surface area (Å²) in [5.41, 5.74) is 13.7. The molecule has 1 aliphatic carbocycles. The van der Waals surface area contributed by atoms with E-state index in [2.05, 4.69) is 20.3 Å². The van der Waals surface area contributed by atoms with Gasteiger partial charge >= 0.3 is 0 Å². The van der Waals surface area contributed by atoms with Crippen LogP contribution in [0, 0.1) is 0 Å². The van der Waals surface area contributed by atoms with Crippen molar-refractivity contribution in [3.63, 3.8) is 0 Å². The molecule has 8 heteroatoms. The molecule has 0 aliphatic heterocycles. The number of aliphatic imine (C=N–C) groups is 1. The molecule has 1 aromatic carbocycles. The van der Waals surface area contributed by atoms with Crippen LogP contribution >= 0.6 is 0 Å². The first-order valence-electron chi connectivity index (χ1n) is 7.29. The molecular formula is C15H15N7O. The van der Waals surface area contributed by atoms with Crippen molar-refractivity contribution in [2.75, 3.05) is 0 Å². The molecule has 116 valence electrons. The van der Waals surface area contributed by atoms with Crippen LogP contribution in [0.1, 0.15) is 34.8 Å². The predicted molar refractivity (Wildman–Crippen MR) is 85.3 cm³/mol. The first-order chi connectivity index (χ1) is 11.1. The second kappa shape index (κ2) is 4.94. The molecule has 0 radical (unpaired) electrons. The van der Waals surface area contributed by atoms with E-state index in [0.717, 1.165) is 35.1 Å². The minimum Gasteiger partial charge on any atom is -0.370 e. The van der Waals surface area contributed by atoms with Crippen LogP contribution in [0.25, 0.3) is 16.6 Å². The molecule has 8 nitrogen and oxygen atoms in total. The lowest BCUT2D eigenvalue weighted by Crippen LogP contribution is -2.24. The van der Waals surface area contributed by atoms with Crippen molar-refractivity contribution in [3.05, 3.63) is 41.9 Å². The molecule has 1 aliphatic rings. The fraction of sp³-hybridized carbons (Fsp3) is 0.200. The van der Waals surface area contributed by atoms with E-state index >= 15 is 0 Å². The number of guanidine groups is 1. The summed E-state index contributed by atoms with van der Waals surface area (Å²) < 4.78 is 1.80. The van der Waals surface area contributed by atoms with Gasteiger partial charge in [0.15, 0.2) is 5.96 Å². The van der Waals surface area contributed by atoms with Crippen LogP contribution in [0.15, 0.2) is 35.6 Å². The fourth-order valence-electron chi connectivity index (χ4n) is 2.78. The number of amides is 1. The van der Waals surface area contributed by atoms with E-state index in [4.69, 9.17) is 11.5 Å². The second-order valence-electron chi connectivity index (χ2n) is 5.58. The minimum absolute atomic E-state index is 0.249. The monoisotopic (exact) mass is 309 g/mol. The summed E-state index contributed by atoms with van der Waals surface area (Å²) >= 11 is 0. The third-order valence-electron chi connectivity index (χ3n) is 3.92. The summed E-state index contributed by atoms with van der Waals surface area (Å²) in [7, 11) is 0. The molecule has 0 saturated heterocycles. The number of fused-ring (bicyclic) bond motifs is 1. The molecule has 1 fully saturated rings. The summed E-state index contributed by atoms with van der Waals surface area (Å²) in [5.74, 6) is -0.410. The van der Waals surface area contributed by atoms with Crippen molar-refractivity contribution in [3.8, 4) is 5.69 Å². The molecule has 5 N–H and O–H groups in total. The van der Waals surface area contributed by atoms with Gasteiger partial charge in [-0.3, -0.25) is 9.89 Å². The van der Waals surface area contributed by atoms with Crippen molar-refractivity contribution in [2.24, 2.45) is 16.5 Å². The number of benzene rings is 1. The van der Waals surface area contributed by atoms with Crippen LogP contribution in [-0.4, -0.2) is 31.8 Å². The van der Waals surface area contributed by atoms with E-state index in [1.54, 1.807) is 10.9 Å². The van der Waals surface area contributed by atoms with Gasteiger partial charge in [0.05, 0.1) is 34.9 Å². The van der Waals surface area contributed by atoms with Gasteiger partial charge in [-0.15, -0.1) is 0 Å². The van der Waals surface area contributed by atoms with Crippen molar-refractivity contribution in [1.29, 1.82) is 0 Å². The summed E-state index contributed by atoms with van der Waals surface area (Å²) in [6, 6.07) is 5.81. The summed E-state index contributed by atoms with van der Waals surface area (Å²) in [4.78, 5) is 15.9. The molecule has 0 unspecified atom stereocenters. The maximum atomic E-state index is 12.2. The van der Waals surface area contributed by atoms with Gasteiger partial charge in [-0.1, -0.05) is 6.07 Å². The third kappa shape index (κ3) is 2.24. The van der Waals surface area contributed by atoms with Gasteiger partial charge in [-0.25, -0.2) is 4.68 Å². The normalized spacial score (nSPS) is 14.1. The molecule has 0 atom stereocenters. The molecule has 23 heavy (non-hydrogen) atoms. The maximum Gasteiger partial charge on any atom is 0.283 e. The molecule has 0 bridgehead atoms. The SMILES string of the molecule is NC(N)=NC(=O)c1cnn(-c2cccc3[nH]ncc23)c1C1CC1. The molecule has 2 aromatic heterocycles. The van der Waals surface area contributed by atoms with Gasteiger partial charge in [0.1, 0.15) is 0 Å². The highest BCUT2D eigenvalue weighted by atomic mass is 16.1. The van der Waals surface area contributed by atoms with Crippen molar-refractivity contribution in [1.82, 2.24) is 20.0 Å². The maximum absolute atomic E-state index is 12.2. The van der Waals surface area contributed by atoms with Crippen LogP contribution in [-0.2, 0) is 0 Å². The largest absolute Gasteiger partial charge is 0.370 e. The van der Waals surface area contributed by atoms with Crippen LogP contribution in [0.2, 0.25) is 0 Å². The van der Waals surface area contributed by atoms with Gasteiger partial charge in [0.25, 0.3) is 5.91 Å². The Morgan fingerprint density at radius 1 is 1.30 bits per heavy atom. The van der Waals surface area contributed by atoms with Gasteiger partial charge in [-0.05, 0) is 25.0 Å². The lowest BCUT2D eigenvalue weighted by atomic mass is 10.1. The number of aromatic amines is 1. The molecule has 4 rings (SSSR count). The number of aromatic nitrogens is 4. The molecule has 1 saturated carbocycles. The van der Waals surface area contributed by atoms with Gasteiger partial charge in [-0.2, -0.15) is 15.2 Å². The van der Waals surface area contributed by atoms with E-state index in [1.807, 2.05) is 18.2 Å². The Bertz CT molecular complexity index is 928. The number of carbonyl (C=O) groups is 1.